The predicted octanol–water partition coefficient (Wildman–Crippen LogP) is 13.2. The van der Waals surface area contributed by atoms with Gasteiger partial charge in [0, 0.05) is 32.8 Å². The fourth-order valence-corrected chi connectivity index (χ4v) is 8.00. The Labute approximate surface area is 322 Å². The zero-order valence-corrected chi connectivity index (χ0v) is 30.2. The number of fused-ring (bicyclic) bond motifs is 6. The Bertz CT molecular complexity index is 3190. The number of furan rings is 1. The predicted molar refractivity (Wildman–Crippen MR) is 229 cm³/mol. The molecule has 0 unspecified atom stereocenters. The Morgan fingerprint density at radius 2 is 0.804 bits per heavy atom. The first-order valence-electron chi connectivity index (χ1n) is 18.8. The SMILES string of the molecule is c1ccc(-c2cccc(-c3nc(-c4ccccc4)nc(-c4ccc5c(c4)oc4cc(-c6ccccc6)cc(-n6c7ccccc7c7ccccc76)c45)n3)c2)cc1. The maximum absolute atomic E-state index is 6.85. The maximum atomic E-state index is 6.85. The fraction of sp³-hybridized carbons (Fsp3) is 0. The molecule has 0 aliphatic rings. The molecule has 5 nitrogen and oxygen atoms in total. The molecule has 3 heterocycles. The third kappa shape index (κ3) is 5.37. The van der Waals surface area contributed by atoms with E-state index in [4.69, 9.17) is 19.4 Å². The summed E-state index contributed by atoms with van der Waals surface area (Å²) in [4.78, 5) is 15.2. The summed E-state index contributed by atoms with van der Waals surface area (Å²) in [6, 6.07) is 67.4. The van der Waals surface area contributed by atoms with Gasteiger partial charge in [-0.05, 0) is 64.7 Å². The third-order valence-electron chi connectivity index (χ3n) is 10.6. The highest BCUT2D eigenvalue weighted by atomic mass is 16.3. The van der Waals surface area contributed by atoms with Gasteiger partial charge in [-0.3, -0.25) is 0 Å². The lowest BCUT2D eigenvalue weighted by atomic mass is 10.0. The molecule has 0 fully saturated rings. The van der Waals surface area contributed by atoms with E-state index in [1.165, 1.54) is 10.8 Å². The second-order valence-corrected chi connectivity index (χ2v) is 14.0. The topological polar surface area (TPSA) is 56.7 Å². The summed E-state index contributed by atoms with van der Waals surface area (Å²) in [6.07, 6.45) is 0. The molecule has 8 aromatic carbocycles. The largest absolute Gasteiger partial charge is 0.456 e. The van der Waals surface area contributed by atoms with Crippen molar-refractivity contribution in [1.82, 2.24) is 19.5 Å². The van der Waals surface area contributed by atoms with Crippen LogP contribution in [0.3, 0.4) is 0 Å². The van der Waals surface area contributed by atoms with Crippen molar-refractivity contribution in [2.24, 2.45) is 0 Å². The standard InChI is InChI=1S/C51H32N4O/c1-4-15-33(16-5-1)36-21-14-22-37(29-36)50-52-49(35-19-8-3-9-20-35)53-51(54-50)38-27-28-42-46(31-38)56-47-32-39(34-17-6-2-7-18-34)30-45(48(42)47)55-43-25-12-10-23-40(43)41-24-11-13-26-44(41)55/h1-32H. The highest BCUT2D eigenvalue weighted by molar-refractivity contribution is 6.15. The van der Waals surface area contributed by atoms with Gasteiger partial charge in [-0.15, -0.1) is 0 Å². The number of rotatable bonds is 6. The first-order chi connectivity index (χ1) is 27.7. The van der Waals surface area contributed by atoms with Crippen LogP contribution in [0.2, 0.25) is 0 Å². The summed E-state index contributed by atoms with van der Waals surface area (Å²) in [5.74, 6) is 1.80. The number of aromatic nitrogens is 4. The molecule has 11 rings (SSSR count). The molecule has 11 aromatic rings. The van der Waals surface area contributed by atoms with Crippen LogP contribution in [-0.2, 0) is 0 Å². The molecule has 0 saturated carbocycles. The fourth-order valence-electron chi connectivity index (χ4n) is 8.00. The second kappa shape index (κ2) is 13.0. The van der Waals surface area contributed by atoms with Crippen molar-refractivity contribution in [2.75, 3.05) is 0 Å². The first kappa shape index (κ1) is 31.9. The van der Waals surface area contributed by atoms with E-state index in [1.807, 2.05) is 36.4 Å². The van der Waals surface area contributed by atoms with Crippen molar-refractivity contribution in [3.05, 3.63) is 194 Å². The quantitative estimate of drug-likeness (QED) is 0.172. The van der Waals surface area contributed by atoms with Crippen LogP contribution in [0.25, 0.3) is 106 Å². The van der Waals surface area contributed by atoms with Crippen LogP contribution in [0.4, 0.5) is 0 Å². The molecular weight excluding hydrogens is 685 g/mol. The molecule has 262 valence electrons. The molecule has 0 spiro atoms. The number of para-hydroxylation sites is 2. The minimum Gasteiger partial charge on any atom is -0.456 e. The molecule has 0 N–H and O–H groups in total. The van der Waals surface area contributed by atoms with E-state index in [2.05, 4.69) is 162 Å². The molecule has 0 amide bonds. The summed E-state index contributed by atoms with van der Waals surface area (Å²) in [5, 5.41) is 4.50. The van der Waals surface area contributed by atoms with Crippen LogP contribution in [0, 0.1) is 0 Å². The normalized spacial score (nSPS) is 11.6. The summed E-state index contributed by atoms with van der Waals surface area (Å²) >= 11 is 0. The molecule has 3 aromatic heterocycles. The summed E-state index contributed by atoms with van der Waals surface area (Å²) in [7, 11) is 0. The number of hydrogen-bond donors (Lipinski definition) is 0. The van der Waals surface area contributed by atoms with Gasteiger partial charge in [-0.25, -0.2) is 15.0 Å². The van der Waals surface area contributed by atoms with Gasteiger partial charge < -0.3 is 8.98 Å². The van der Waals surface area contributed by atoms with E-state index < -0.39 is 0 Å². The summed E-state index contributed by atoms with van der Waals surface area (Å²) in [5.41, 5.74) is 12.1. The minimum absolute atomic E-state index is 0.578. The van der Waals surface area contributed by atoms with E-state index in [-0.39, 0.29) is 0 Å². The smallest absolute Gasteiger partial charge is 0.164 e. The van der Waals surface area contributed by atoms with Gasteiger partial charge in [-0.1, -0.05) is 152 Å². The zero-order valence-electron chi connectivity index (χ0n) is 30.2. The van der Waals surface area contributed by atoms with Gasteiger partial charge in [-0.2, -0.15) is 0 Å². The van der Waals surface area contributed by atoms with Crippen LogP contribution in [0.15, 0.2) is 199 Å². The van der Waals surface area contributed by atoms with E-state index in [1.54, 1.807) is 0 Å². The van der Waals surface area contributed by atoms with Crippen LogP contribution >= 0.6 is 0 Å². The van der Waals surface area contributed by atoms with Gasteiger partial charge >= 0.3 is 0 Å². The Balaban J connectivity index is 1.13. The Hall–Kier alpha value is -7.63. The van der Waals surface area contributed by atoms with Crippen molar-refractivity contribution in [2.45, 2.75) is 0 Å². The van der Waals surface area contributed by atoms with E-state index >= 15 is 0 Å². The lowest BCUT2D eigenvalue weighted by Crippen LogP contribution is -2.00. The molecule has 0 atom stereocenters. The van der Waals surface area contributed by atoms with E-state index in [0.29, 0.717) is 17.5 Å². The lowest BCUT2D eigenvalue weighted by molar-refractivity contribution is 0.669. The Morgan fingerprint density at radius 3 is 1.45 bits per heavy atom. The number of benzene rings is 8. The maximum Gasteiger partial charge on any atom is 0.164 e. The lowest BCUT2D eigenvalue weighted by Gasteiger charge is -2.12. The Kier molecular flexibility index (Phi) is 7.42. The van der Waals surface area contributed by atoms with Gasteiger partial charge in [0.25, 0.3) is 0 Å². The minimum atomic E-state index is 0.578. The molecule has 0 aliphatic heterocycles. The highest BCUT2D eigenvalue weighted by Crippen LogP contribution is 2.42. The van der Waals surface area contributed by atoms with Gasteiger partial charge in [0.2, 0.25) is 0 Å². The van der Waals surface area contributed by atoms with Crippen molar-refractivity contribution in [3.8, 4) is 62.1 Å². The third-order valence-corrected chi connectivity index (χ3v) is 10.6. The van der Waals surface area contributed by atoms with Crippen molar-refractivity contribution in [1.29, 1.82) is 0 Å². The monoisotopic (exact) mass is 716 g/mol. The second-order valence-electron chi connectivity index (χ2n) is 14.0. The molecule has 5 heteroatoms. The summed E-state index contributed by atoms with van der Waals surface area (Å²) in [6.45, 7) is 0. The summed E-state index contributed by atoms with van der Waals surface area (Å²) < 4.78 is 9.23. The average molecular weight is 717 g/mol. The van der Waals surface area contributed by atoms with Crippen molar-refractivity contribution >= 4 is 43.7 Å². The molecule has 56 heavy (non-hydrogen) atoms. The van der Waals surface area contributed by atoms with Gasteiger partial charge in [0.05, 0.1) is 22.1 Å². The van der Waals surface area contributed by atoms with E-state index in [9.17, 15) is 0 Å². The molecule has 0 saturated heterocycles. The molecular formula is C51H32N4O. The van der Waals surface area contributed by atoms with Crippen LogP contribution in [0.1, 0.15) is 0 Å². The Morgan fingerprint density at radius 1 is 0.321 bits per heavy atom. The molecule has 0 aliphatic carbocycles. The van der Waals surface area contributed by atoms with Crippen LogP contribution in [0.5, 0.6) is 0 Å². The molecule has 0 bridgehead atoms. The average Bonchev–Trinajstić information content (AvgIpc) is 3.82. The van der Waals surface area contributed by atoms with Crippen molar-refractivity contribution < 1.29 is 4.42 Å². The van der Waals surface area contributed by atoms with Gasteiger partial charge in [0.1, 0.15) is 11.2 Å². The number of hydrogen-bond acceptors (Lipinski definition) is 4. The molecule has 0 radical (unpaired) electrons. The highest BCUT2D eigenvalue weighted by Gasteiger charge is 2.21. The zero-order chi connectivity index (χ0) is 37.0. The van der Waals surface area contributed by atoms with Crippen LogP contribution < -0.4 is 0 Å². The van der Waals surface area contributed by atoms with Gasteiger partial charge in [0.15, 0.2) is 17.5 Å². The van der Waals surface area contributed by atoms with Crippen LogP contribution in [-0.4, -0.2) is 19.5 Å². The number of nitrogens with zero attached hydrogens (tertiary/aromatic N) is 4. The van der Waals surface area contributed by atoms with E-state index in [0.717, 1.165) is 77.6 Å². The first-order valence-corrected chi connectivity index (χ1v) is 18.8. The van der Waals surface area contributed by atoms with Crippen molar-refractivity contribution in [3.63, 3.8) is 0 Å².